The van der Waals surface area contributed by atoms with Gasteiger partial charge in [-0.15, -0.1) is 0 Å². The van der Waals surface area contributed by atoms with Gasteiger partial charge in [0.1, 0.15) is 9.57 Å². The highest BCUT2D eigenvalue weighted by molar-refractivity contribution is 8.23. The number of amides is 2. The van der Waals surface area contributed by atoms with Crippen molar-refractivity contribution in [2.24, 2.45) is 0 Å². The van der Waals surface area contributed by atoms with Gasteiger partial charge in [-0.3, -0.25) is 9.59 Å². The number of thiocarbonyl (C=S) groups is 1. The molecule has 140 valence electrons. The number of morpholine rings is 1. The number of rotatable bonds is 2. The minimum atomic E-state index is -0.546. The third-order valence-electron chi connectivity index (χ3n) is 4.18. The van der Waals surface area contributed by atoms with Crippen molar-refractivity contribution in [2.75, 3.05) is 18.0 Å². The van der Waals surface area contributed by atoms with Gasteiger partial charge in [-0.2, -0.15) is 0 Å². The fourth-order valence-electron chi connectivity index (χ4n) is 3.14. The Morgan fingerprint density at radius 1 is 1.23 bits per heavy atom. The van der Waals surface area contributed by atoms with Crippen LogP contribution < -0.4 is 4.90 Å². The molecule has 2 aliphatic rings. The molecule has 0 saturated carbocycles. The number of halogens is 2. The Balaban J connectivity index is 1.71. The van der Waals surface area contributed by atoms with Crippen molar-refractivity contribution in [2.45, 2.75) is 37.7 Å². The molecule has 0 N–H and O–H groups in total. The first-order valence-electron chi connectivity index (χ1n) is 8.19. The Bertz CT molecular complexity index is 752. The number of carbonyl (C=O) groups is 2. The van der Waals surface area contributed by atoms with Crippen LogP contribution in [-0.4, -0.2) is 51.6 Å². The van der Waals surface area contributed by atoms with Gasteiger partial charge in [0.15, 0.2) is 0 Å². The number of benzene rings is 1. The standard InChI is InChI=1S/C17H18Cl2N2O3S2/c1-9-7-20(8-10(2)24-9)17(25)26-14-6-15(22)21(16(14)23)13-4-3-11(18)5-12(13)19/h3-5,9-10,14H,6-8H2,1-2H3/t9-,10-,14-/m1/s1. The van der Waals surface area contributed by atoms with Crippen LogP contribution in [0.1, 0.15) is 20.3 Å². The molecule has 26 heavy (non-hydrogen) atoms. The van der Waals surface area contributed by atoms with E-state index < -0.39 is 5.25 Å². The van der Waals surface area contributed by atoms with Crippen LogP contribution in [0, 0.1) is 0 Å². The van der Waals surface area contributed by atoms with Gasteiger partial charge >= 0.3 is 0 Å². The molecule has 2 heterocycles. The minimum absolute atomic E-state index is 0.0718. The number of hydrogen-bond donors (Lipinski definition) is 0. The molecule has 9 heteroatoms. The van der Waals surface area contributed by atoms with Crippen LogP contribution in [-0.2, 0) is 14.3 Å². The van der Waals surface area contributed by atoms with E-state index in [2.05, 4.69) is 0 Å². The van der Waals surface area contributed by atoms with Crippen molar-refractivity contribution in [1.29, 1.82) is 0 Å². The zero-order valence-electron chi connectivity index (χ0n) is 14.3. The Hall–Kier alpha value is -0.860. The van der Waals surface area contributed by atoms with E-state index in [0.29, 0.717) is 28.1 Å². The highest BCUT2D eigenvalue weighted by atomic mass is 35.5. The van der Waals surface area contributed by atoms with E-state index in [1.165, 1.54) is 17.8 Å². The van der Waals surface area contributed by atoms with E-state index in [1.54, 1.807) is 12.1 Å². The van der Waals surface area contributed by atoms with Gasteiger partial charge < -0.3 is 9.64 Å². The van der Waals surface area contributed by atoms with Crippen LogP contribution >= 0.6 is 47.2 Å². The lowest BCUT2D eigenvalue weighted by molar-refractivity contribution is -0.121. The maximum atomic E-state index is 12.8. The molecule has 2 saturated heterocycles. The maximum Gasteiger partial charge on any atom is 0.247 e. The van der Waals surface area contributed by atoms with Crippen molar-refractivity contribution >= 4 is 69.0 Å². The SMILES string of the molecule is C[C@@H]1CN(C(=S)S[C@@H]2CC(=O)N(c3ccc(Cl)cc3Cl)C2=O)C[C@@H](C)O1. The van der Waals surface area contributed by atoms with E-state index in [9.17, 15) is 9.59 Å². The zero-order valence-corrected chi connectivity index (χ0v) is 17.4. The van der Waals surface area contributed by atoms with Crippen LogP contribution in [0.2, 0.25) is 10.0 Å². The summed E-state index contributed by atoms with van der Waals surface area (Å²) in [6.45, 7) is 5.34. The van der Waals surface area contributed by atoms with Crippen molar-refractivity contribution < 1.29 is 14.3 Å². The number of thioether (sulfide) groups is 1. The Labute approximate surface area is 171 Å². The van der Waals surface area contributed by atoms with E-state index in [1.807, 2.05) is 18.7 Å². The first-order chi connectivity index (χ1) is 12.3. The molecule has 0 bridgehead atoms. The molecule has 3 rings (SSSR count). The highest BCUT2D eigenvalue weighted by Gasteiger charge is 2.42. The minimum Gasteiger partial charge on any atom is -0.372 e. The van der Waals surface area contributed by atoms with Gasteiger partial charge in [-0.25, -0.2) is 4.90 Å². The lowest BCUT2D eigenvalue weighted by atomic mass is 10.2. The number of imide groups is 1. The molecule has 2 amide bonds. The van der Waals surface area contributed by atoms with E-state index in [0.717, 1.165) is 4.90 Å². The van der Waals surface area contributed by atoms with Crippen LogP contribution in [0.5, 0.6) is 0 Å². The average molecular weight is 433 g/mol. The quantitative estimate of drug-likeness (QED) is 0.523. The molecule has 1 aromatic carbocycles. The molecule has 1 aromatic rings. The summed E-state index contributed by atoms with van der Waals surface area (Å²) in [5, 5.41) is 0.166. The van der Waals surface area contributed by atoms with Crippen molar-refractivity contribution in [3.63, 3.8) is 0 Å². The summed E-state index contributed by atoms with van der Waals surface area (Å²) in [5.74, 6) is -0.593. The lowest BCUT2D eigenvalue weighted by Gasteiger charge is -2.36. The second kappa shape index (κ2) is 8.02. The molecule has 0 spiro atoms. The number of ether oxygens (including phenoxy) is 1. The summed E-state index contributed by atoms with van der Waals surface area (Å²) in [7, 11) is 0. The number of hydrogen-bond acceptors (Lipinski definition) is 5. The number of anilines is 1. The summed E-state index contributed by atoms with van der Waals surface area (Å²) >= 11 is 18.8. The van der Waals surface area contributed by atoms with E-state index in [-0.39, 0.29) is 35.5 Å². The Kier molecular flexibility index (Phi) is 6.14. The molecular weight excluding hydrogens is 415 g/mol. The normalized spacial score (nSPS) is 26.5. The summed E-state index contributed by atoms with van der Waals surface area (Å²) in [4.78, 5) is 28.4. The number of carbonyl (C=O) groups excluding carboxylic acids is 2. The largest absolute Gasteiger partial charge is 0.372 e. The zero-order chi connectivity index (χ0) is 19.0. The molecule has 0 aliphatic carbocycles. The third kappa shape index (κ3) is 4.17. The monoisotopic (exact) mass is 432 g/mol. The van der Waals surface area contributed by atoms with Crippen LogP contribution in [0.15, 0.2) is 18.2 Å². The molecular formula is C17H18Cl2N2O3S2. The molecule has 0 unspecified atom stereocenters. The number of nitrogens with zero attached hydrogens (tertiary/aromatic N) is 2. The van der Waals surface area contributed by atoms with Gasteiger partial charge in [0, 0.05) is 24.5 Å². The summed E-state index contributed by atoms with van der Waals surface area (Å²) in [6, 6.07) is 4.70. The lowest BCUT2D eigenvalue weighted by Crippen LogP contribution is -2.47. The predicted molar refractivity (Wildman–Crippen MR) is 109 cm³/mol. The fourth-order valence-corrected chi connectivity index (χ4v) is 5.10. The Morgan fingerprint density at radius 3 is 2.50 bits per heavy atom. The first kappa shape index (κ1) is 19.9. The highest BCUT2D eigenvalue weighted by Crippen LogP contribution is 2.36. The predicted octanol–water partition coefficient (Wildman–Crippen LogP) is 3.75. The van der Waals surface area contributed by atoms with Gasteiger partial charge in [-0.1, -0.05) is 47.2 Å². The smallest absolute Gasteiger partial charge is 0.247 e. The van der Waals surface area contributed by atoms with Crippen LogP contribution in [0.25, 0.3) is 0 Å². The molecule has 0 radical (unpaired) electrons. The second-order valence-corrected chi connectivity index (χ2v) is 9.08. The summed E-state index contributed by atoms with van der Waals surface area (Å²) in [6.07, 6.45) is 0.239. The Morgan fingerprint density at radius 2 is 1.88 bits per heavy atom. The molecule has 5 nitrogen and oxygen atoms in total. The molecule has 2 aliphatic heterocycles. The average Bonchev–Trinajstić information content (AvgIpc) is 2.81. The van der Waals surface area contributed by atoms with Crippen LogP contribution in [0.3, 0.4) is 0 Å². The van der Waals surface area contributed by atoms with Gasteiger partial charge in [0.25, 0.3) is 0 Å². The molecule has 2 fully saturated rings. The van der Waals surface area contributed by atoms with Crippen molar-refractivity contribution in [3.8, 4) is 0 Å². The van der Waals surface area contributed by atoms with E-state index in [4.69, 9.17) is 40.2 Å². The van der Waals surface area contributed by atoms with E-state index >= 15 is 0 Å². The topological polar surface area (TPSA) is 49.9 Å². The first-order valence-corrected chi connectivity index (χ1v) is 10.2. The summed E-state index contributed by atoms with van der Waals surface area (Å²) in [5.41, 5.74) is 0.355. The van der Waals surface area contributed by atoms with Gasteiger partial charge in [0.2, 0.25) is 11.8 Å². The summed E-state index contributed by atoms with van der Waals surface area (Å²) < 4.78 is 6.32. The molecule has 0 aromatic heterocycles. The van der Waals surface area contributed by atoms with Crippen molar-refractivity contribution in [3.05, 3.63) is 28.2 Å². The second-order valence-electron chi connectivity index (χ2n) is 6.40. The van der Waals surface area contributed by atoms with Gasteiger partial charge in [0.05, 0.1) is 22.9 Å². The third-order valence-corrected chi connectivity index (χ3v) is 6.37. The van der Waals surface area contributed by atoms with Gasteiger partial charge in [-0.05, 0) is 32.0 Å². The fraction of sp³-hybridized carbons (Fsp3) is 0.471. The van der Waals surface area contributed by atoms with Crippen molar-refractivity contribution in [1.82, 2.24) is 4.90 Å². The maximum absolute atomic E-state index is 12.8. The molecule has 3 atom stereocenters. The van der Waals surface area contributed by atoms with Crippen LogP contribution in [0.4, 0.5) is 5.69 Å².